The lowest BCUT2D eigenvalue weighted by Crippen LogP contribution is -2.01. The number of ether oxygens (including phenoxy) is 1. The third kappa shape index (κ3) is 2.49. The first kappa shape index (κ1) is 13.3. The first-order valence-corrected chi connectivity index (χ1v) is 7.12. The van der Waals surface area contributed by atoms with Gasteiger partial charge in [0.1, 0.15) is 6.10 Å². The molecule has 0 aliphatic carbocycles. The van der Waals surface area contributed by atoms with Crippen LogP contribution in [0, 0.1) is 0 Å². The molecule has 1 heterocycles. The normalized spacial score (nSPS) is 15.4. The van der Waals surface area contributed by atoms with Gasteiger partial charge in [0.05, 0.1) is 13.2 Å². The zero-order chi connectivity index (χ0) is 14.1. The Morgan fingerprint density at radius 2 is 1.45 bits per heavy atom. The van der Waals surface area contributed by atoms with Crippen LogP contribution < -0.4 is 0 Å². The summed E-state index contributed by atoms with van der Waals surface area (Å²) in [5.74, 6) is 0.512. The molecular weight excluding hydrogens is 248 g/mol. The summed E-state index contributed by atoms with van der Waals surface area (Å²) in [4.78, 5) is 0. The van der Waals surface area contributed by atoms with E-state index in [-0.39, 0.29) is 0 Å². The average molecular weight is 268 g/mol. The van der Waals surface area contributed by atoms with Crippen molar-refractivity contribution in [1.29, 1.82) is 0 Å². The van der Waals surface area contributed by atoms with Gasteiger partial charge < -0.3 is 9.84 Å². The van der Waals surface area contributed by atoms with Crippen LogP contribution in [0.5, 0.6) is 0 Å². The number of hydrogen-bond acceptors (Lipinski definition) is 2. The fourth-order valence-corrected chi connectivity index (χ4v) is 2.62. The van der Waals surface area contributed by atoms with Crippen molar-refractivity contribution in [2.45, 2.75) is 39.1 Å². The van der Waals surface area contributed by atoms with E-state index in [2.05, 4.69) is 38.1 Å². The van der Waals surface area contributed by atoms with E-state index in [1.54, 1.807) is 0 Å². The van der Waals surface area contributed by atoms with Crippen molar-refractivity contribution < 1.29 is 9.84 Å². The van der Waals surface area contributed by atoms with E-state index in [4.69, 9.17) is 4.74 Å². The molecule has 1 aliphatic rings. The van der Waals surface area contributed by atoms with Crippen LogP contribution >= 0.6 is 0 Å². The molecule has 2 nitrogen and oxygen atoms in total. The summed E-state index contributed by atoms with van der Waals surface area (Å²) in [7, 11) is 0. The van der Waals surface area contributed by atoms with E-state index in [0.717, 1.165) is 11.1 Å². The minimum Gasteiger partial charge on any atom is -0.384 e. The van der Waals surface area contributed by atoms with Gasteiger partial charge in [-0.3, -0.25) is 0 Å². The van der Waals surface area contributed by atoms with Crippen molar-refractivity contribution >= 4 is 0 Å². The second-order valence-corrected chi connectivity index (χ2v) is 5.74. The lowest BCUT2D eigenvalue weighted by atomic mass is 9.95. The third-order valence-corrected chi connectivity index (χ3v) is 3.98. The smallest absolute Gasteiger partial charge is 0.104 e. The van der Waals surface area contributed by atoms with Crippen LogP contribution in [0.4, 0.5) is 0 Å². The Hall–Kier alpha value is -1.64. The van der Waals surface area contributed by atoms with Crippen LogP contribution in [0.15, 0.2) is 42.5 Å². The third-order valence-electron chi connectivity index (χ3n) is 3.98. The van der Waals surface area contributed by atoms with Gasteiger partial charge in [-0.05, 0) is 33.7 Å². The maximum atomic E-state index is 10.5. The largest absolute Gasteiger partial charge is 0.384 e. The molecule has 104 valence electrons. The molecule has 1 aliphatic heterocycles. The minimum atomic E-state index is -0.567. The Morgan fingerprint density at radius 3 is 2.15 bits per heavy atom. The zero-order valence-electron chi connectivity index (χ0n) is 12.0. The van der Waals surface area contributed by atoms with Crippen molar-refractivity contribution in [2.24, 2.45) is 0 Å². The highest BCUT2D eigenvalue weighted by atomic mass is 16.5. The van der Waals surface area contributed by atoms with Gasteiger partial charge in [-0.2, -0.15) is 0 Å². The predicted molar refractivity (Wildman–Crippen MR) is 79.5 cm³/mol. The number of hydrogen-bond donors (Lipinski definition) is 1. The van der Waals surface area contributed by atoms with E-state index in [1.807, 2.05) is 18.2 Å². The number of benzene rings is 2. The molecule has 0 spiro atoms. The summed E-state index contributed by atoms with van der Waals surface area (Å²) in [5, 5.41) is 10.5. The lowest BCUT2D eigenvalue weighted by molar-refractivity contribution is 0.134. The molecule has 1 unspecified atom stereocenters. The van der Waals surface area contributed by atoms with Gasteiger partial charge >= 0.3 is 0 Å². The molecule has 2 heteroatoms. The summed E-state index contributed by atoms with van der Waals surface area (Å²) >= 11 is 0. The predicted octanol–water partition coefficient (Wildman–Crippen LogP) is 3.92. The van der Waals surface area contributed by atoms with Crippen LogP contribution in [0.1, 0.15) is 53.7 Å². The fourth-order valence-electron chi connectivity index (χ4n) is 2.62. The van der Waals surface area contributed by atoms with Crippen molar-refractivity contribution in [2.75, 3.05) is 0 Å². The minimum absolute atomic E-state index is 0.512. The van der Waals surface area contributed by atoms with Crippen LogP contribution in [0.25, 0.3) is 0 Å². The van der Waals surface area contributed by atoms with Crippen LogP contribution in [-0.4, -0.2) is 5.11 Å². The van der Waals surface area contributed by atoms with E-state index < -0.39 is 6.10 Å². The quantitative estimate of drug-likeness (QED) is 0.914. The Kier molecular flexibility index (Phi) is 3.60. The molecule has 20 heavy (non-hydrogen) atoms. The number of fused-ring (bicyclic) bond motifs is 1. The topological polar surface area (TPSA) is 29.5 Å². The molecule has 3 rings (SSSR count). The molecule has 1 atom stereocenters. The Morgan fingerprint density at radius 1 is 0.850 bits per heavy atom. The summed E-state index contributed by atoms with van der Waals surface area (Å²) in [5.41, 5.74) is 5.60. The Labute approximate surface area is 120 Å². The summed E-state index contributed by atoms with van der Waals surface area (Å²) < 4.78 is 5.42. The van der Waals surface area contributed by atoms with Gasteiger partial charge in [-0.1, -0.05) is 56.3 Å². The number of rotatable bonds is 3. The first-order chi connectivity index (χ1) is 9.65. The summed E-state index contributed by atoms with van der Waals surface area (Å²) in [6.45, 7) is 5.69. The van der Waals surface area contributed by atoms with Crippen LogP contribution in [0.2, 0.25) is 0 Å². The Bertz CT molecular complexity index is 599. The van der Waals surface area contributed by atoms with Crippen LogP contribution in [-0.2, 0) is 18.0 Å². The fraction of sp³-hybridized carbons (Fsp3) is 0.333. The molecule has 0 saturated carbocycles. The van der Waals surface area contributed by atoms with Crippen molar-refractivity contribution in [3.8, 4) is 0 Å². The van der Waals surface area contributed by atoms with E-state index in [9.17, 15) is 5.11 Å². The van der Waals surface area contributed by atoms with Gasteiger partial charge in [0.15, 0.2) is 0 Å². The number of aliphatic hydroxyl groups is 1. The highest BCUT2D eigenvalue weighted by Gasteiger charge is 2.16. The number of aliphatic hydroxyl groups excluding tert-OH is 1. The molecule has 0 aromatic heterocycles. The molecule has 2 aromatic rings. The molecular formula is C18H20O2. The molecule has 0 fully saturated rings. The summed E-state index contributed by atoms with van der Waals surface area (Å²) in [6.07, 6.45) is -0.567. The monoisotopic (exact) mass is 268 g/mol. The molecule has 1 N–H and O–H groups in total. The zero-order valence-corrected chi connectivity index (χ0v) is 12.0. The molecule has 0 amide bonds. The molecule has 0 radical (unpaired) electrons. The van der Waals surface area contributed by atoms with Gasteiger partial charge in [0.25, 0.3) is 0 Å². The summed E-state index contributed by atoms with van der Waals surface area (Å²) in [6, 6.07) is 14.3. The average Bonchev–Trinajstić information content (AvgIpc) is 2.94. The lowest BCUT2D eigenvalue weighted by Gasteiger charge is -2.14. The molecule has 2 aromatic carbocycles. The van der Waals surface area contributed by atoms with E-state index in [1.165, 1.54) is 16.7 Å². The highest BCUT2D eigenvalue weighted by Crippen LogP contribution is 2.28. The highest BCUT2D eigenvalue weighted by molar-refractivity contribution is 5.38. The van der Waals surface area contributed by atoms with E-state index in [0.29, 0.717) is 19.1 Å². The van der Waals surface area contributed by atoms with Gasteiger partial charge in [0.2, 0.25) is 0 Å². The van der Waals surface area contributed by atoms with Crippen LogP contribution in [0.3, 0.4) is 0 Å². The van der Waals surface area contributed by atoms with Crippen molar-refractivity contribution in [3.05, 3.63) is 70.3 Å². The maximum Gasteiger partial charge on any atom is 0.104 e. The molecule has 0 saturated heterocycles. The first-order valence-electron chi connectivity index (χ1n) is 7.12. The van der Waals surface area contributed by atoms with Crippen molar-refractivity contribution in [1.82, 2.24) is 0 Å². The van der Waals surface area contributed by atoms with Crippen molar-refractivity contribution in [3.63, 3.8) is 0 Å². The van der Waals surface area contributed by atoms with Gasteiger partial charge in [-0.25, -0.2) is 0 Å². The van der Waals surface area contributed by atoms with Gasteiger partial charge in [0, 0.05) is 0 Å². The van der Waals surface area contributed by atoms with E-state index >= 15 is 0 Å². The Balaban J connectivity index is 1.86. The SMILES string of the molecule is CC(C)c1ccc(C(O)c2ccc3c(c2)COC3)cc1. The second-order valence-electron chi connectivity index (χ2n) is 5.74. The second kappa shape index (κ2) is 5.39. The molecule has 0 bridgehead atoms. The van der Waals surface area contributed by atoms with Gasteiger partial charge in [-0.15, -0.1) is 0 Å². The standard InChI is InChI=1S/C18H20O2/c1-12(2)13-3-5-14(6-4-13)18(19)15-7-8-16-10-20-11-17(16)9-15/h3-9,12,18-19H,10-11H2,1-2H3. The maximum absolute atomic E-state index is 10.5.